The Morgan fingerprint density at radius 2 is 1.84 bits per heavy atom. The highest BCUT2D eigenvalue weighted by atomic mass is 35.5. The number of anilines is 1. The van der Waals surface area contributed by atoms with E-state index in [-0.39, 0.29) is 16.4 Å². The molecule has 1 aliphatic rings. The van der Waals surface area contributed by atoms with Gasteiger partial charge in [0.2, 0.25) is 0 Å². The Morgan fingerprint density at radius 1 is 1.26 bits per heavy atom. The molecule has 104 valence electrons. The molecular formula is C13H18ClN3O2. The van der Waals surface area contributed by atoms with E-state index in [0.29, 0.717) is 30.8 Å². The van der Waals surface area contributed by atoms with Crippen molar-refractivity contribution >= 4 is 23.7 Å². The summed E-state index contributed by atoms with van der Waals surface area (Å²) in [5, 5.41) is 0.183. The Labute approximate surface area is 117 Å². The quantitative estimate of drug-likeness (QED) is 0.616. The van der Waals surface area contributed by atoms with Crippen molar-refractivity contribution in [2.75, 3.05) is 18.0 Å². The third-order valence-electron chi connectivity index (χ3n) is 2.93. The number of aromatic nitrogens is 2. The molecule has 0 radical (unpaired) electrons. The van der Waals surface area contributed by atoms with E-state index in [0.717, 1.165) is 0 Å². The number of hydrogen-bond acceptors (Lipinski definition) is 5. The minimum Gasteiger partial charge on any atom is -0.366 e. The van der Waals surface area contributed by atoms with Crippen molar-refractivity contribution in [2.24, 2.45) is 0 Å². The van der Waals surface area contributed by atoms with E-state index in [1.54, 1.807) is 0 Å². The van der Waals surface area contributed by atoms with Crippen LogP contribution in [0.5, 0.6) is 0 Å². The Kier molecular flexibility index (Phi) is 3.53. The molecule has 1 aromatic heterocycles. The molecule has 0 bridgehead atoms. The van der Waals surface area contributed by atoms with E-state index in [9.17, 15) is 4.79 Å². The van der Waals surface area contributed by atoms with Gasteiger partial charge in [-0.1, -0.05) is 11.6 Å². The predicted octanol–water partition coefficient (Wildman–Crippen LogP) is 2.34. The molecular weight excluding hydrogens is 266 g/mol. The summed E-state index contributed by atoms with van der Waals surface area (Å²) in [5.41, 5.74) is -0.309. The molecule has 0 amide bonds. The summed E-state index contributed by atoms with van der Waals surface area (Å²) < 4.78 is 6.01. The van der Waals surface area contributed by atoms with Gasteiger partial charge in [-0.2, -0.15) is 0 Å². The van der Waals surface area contributed by atoms with Crippen LogP contribution in [0.25, 0.3) is 0 Å². The first kappa shape index (κ1) is 14.2. The summed E-state index contributed by atoms with van der Waals surface area (Å²) >= 11 is 5.95. The second kappa shape index (κ2) is 4.72. The van der Waals surface area contributed by atoms with Crippen LogP contribution in [0.1, 0.15) is 38.1 Å². The summed E-state index contributed by atoms with van der Waals surface area (Å²) in [7, 11) is 0. The average molecular weight is 284 g/mol. The number of halogens is 1. The fourth-order valence-corrected chi connectivity index (χ4v) is 2.83. The molecule has 6 heteroatoms. The lowest BCUT2D eigenvalue weighted by atomic mass is 9.98. The third kappa shape index (κ3) is 3.04. The molecule has 2 heterocycles. The van der Waals surface area contributed by atoms with Crippen molar-refractivity contribution in [1.29, 1.82) is 0 Å². The smallest absolute Gasteiger partial charge is 0.156 e. The van der Waals surface area contributed by atoms with E-state index in [4.69, 9.17) is 16.3 Å². The van der Waals surface area contributed by atoms with Gasteiger partial charge in [0.1, 0.15) is 17.3 Å². The minimum atomic E-state index is -0.320. The lowest BCUT2D eigenvalue weighted by molar-refractivity contribution is -0.133. The van der Waals surface area contributed by atoms with Crippen molar-refractivity contribution in [3.8, 4) is 0 Å². The van der Waals surface area contributed by atoms with Gasteiger partial charge in [-0.05, 0) is 27.7 Å². The zero-order chi connectivity index (χ0) is 14.3. The maximum Gasteiger partial charge on any atom is 0.156 e. The maximum atomic E-state index is 11.2. The molecule has 0 aromatic carbocycles. The van der Waals surface area contributed by atoms with Gasteiger partial charge in [-0.3, -0.25) is 4.79 Å². The summed E-state index contributed by atoms with van der Waals surface area (Å²) in [6.45, 7) is 9.36. The SMILES string of the molecule is CC1(C)CN(c2ncnc(Cl)c2C=O)CC(C)(C)O1. The average Bonchev–Trinajstić information content (AvgIpc) is 2.24. The van der Waals surface area contributed by atoms with E-state index >= 15 is 0 Å². The normalized spacial score (nSPS) is 21.2. The zero-order valence-corrected chi connectivity index (χ0v) is 12.4. The van der Waals surface area contributed by atoms with Gasteiger partial charge in [0, 0.05) is 13.1 Å². The second-order valence-corrected chi connectivity index (χ2v) is 6.36. The topological polar surface area (TPSA) is 55.3 Å². The first-order valence-electron chi connectivity index (χ1n) is 6.15. The fraction of sp³-hybridized carbons (Fsp3) is 0.615. The van der Waals surface area contributed by atoms with Crippen LogP contribution in [0, 0.1) is 0 Å². The Morgan fingerprint density at radius 3 is 2.37 bits per heavy atom. The van der Waals surface area contributed by atoms with Crippen molar-refractivity contribution in [1.82, 2.24) is 9.97 Å². The summed E-state index contributed by atoms with van der Waals surface area (Å²) in [6, 6.07) is 0. The summed E-state index contributed by atoms with van der Waals surface area (Å²) in [4.78, 5) is 21.3. The fourth-order valence-electron chi connectivity index (χ4n) is 2.66. The first-order valence-corrected chi connectivity index (χ1v) is 6.53. The highest BCUT2D eigenvalue weighted by Gasteiger charge is 2.39. The van der Waals surface area contributed by atoms with E-state index in [1.807, 2.05) is 32.6 Å². The van der Waals surface area contributed by atoms with Gasteiger partial charge in [0.15, 0.2) is 6.29 Å². The minimum absolute atomic E-state index is 0.183. The summed E-state index contributed by atoms with van der Waals surface area (Å²) in [5.74, 6) is 0.569. The number of aldehydes is 1. The van der Waals surface area contributed by atoms with Crippen molar-refractivity contribution in [3.05, 3.63) is 17.0 Å². The van der Waals surface area contributed by atoms with Gasteiger partial charge < -0.3 is 9.64 Å². The van der Waals surface area contributed by atoms with Crippen LogP contribution in [0.15, 0.2) is 6.33 Å². The van der Waals surface area contributed by atoms with Crippen molar-refractivity contribution in [2.45, 2.75) is 38.9 Å². The highest BCUT2D eigenvalue weighted by Crippen LogP contribution is 2.32. The largest absolute Gasteiger partial charge is 0.366 e. The van der Waals surface area contributed by atoms with Gasteiger partial charge >= 0.3 is 0 Å². The number of morpholine rings is 1. The Hall–Kier alpha value is -1.20. The Bertz CT molecular complexity index is 487. The summed E-state index contributed by atoms with van der Waals surface area (Å²) in [6.07, 6.45) is 2.08. The molecule has 0 saturated carbocycles. The highest BCUT2D eigenvalue weighted by molar-refractivity contribution is 6.32. The number of rotatable bonds is 2. The van der Waals surface area contributed by atoms with Crippen LogP contribution in [-0.4, -0.2) is 40.5 Å². The molecule has 0 spiro atoms. The van der Waals surface area contributed by atoms with Crippen LogP contribution in [0.4, 0.5) is 5.82 Å². The number of carbonyl (C=O) groups excluding carboxylic acids is 1. The lowest BCUT2D eigenvalue weighted by Gasteiger charge is -2.47. The van der Waals surface area contributed by atoms with Gasteiger partial charge in [-0.25, -0.2) is 9.97 Å². The predicted molar refractivity (Wildman–Crippen MR) is 73.9 cm³/mol. The molecule has 5 nitrogen and oxygen atoms in total. The second-order valence-electron chi connectivity index (χ2n) is 6.00. The van der Waals surface area contributed by atoms with Crippen molar-refractivity contribution < 1.29 is 9.53 Å². The van der Waals surface area contributed by atoms with Crippen LogP contribution in [-0.2, 0) is 4.74 Å². The first-order chi connectivity index (χ1) is 8.74. The number of hydrogen-bond donors (Lipinski definition) is 0. The molecule has 1 fully saturated rings. The van der Waals surface area contributed by atoms with Crippen LogP contribution >= 0.6 is 11.6 Å². The lowest BCUT2D eigenvalue weighted by Crippen LogP contribution is -2.57. The van der Waals surface area contributed by atoms with E-state index in [1.165, 1.54) is 6.33 Å². The zero-order valence-electron chi connectivity index (χ0n) is 11.6. The molecule has 1 aromatic rings. The molecule has 0 aliphatic carbocycles. The molecule has 0 unspecified atom stereocenters. The van der Waals surface area contributed by atoms with Crippen LogP contribution in [0.3, 0.4) is 0 Å². The van der Waals surface area contributed by atoms with Crippen molar-refractivity contribution in [3.63, 3.8) is 0 Å². The molecule has 0 atom stereocenters. The van der Waals surface area contributed by atoms with E-state index in [2.05, 4.69) is 9.97 Å². The number of carbonyl (C=O) groups is 1. The third-order valence-corrected chi connectivity index (χ3v) is 3.23. The molecule has 1 saturated heterocycles. The monoisotopic (exact) mass is 283 g/mol. The Balaban J connectivity index is 2.41. The number of ether oxygens (including phenoxy) is 1. The molecule has 1 aliphatic heterocycles. The maximum absolute atomic E-state index is 11.2. The van der Waals surface area contributed by atoms with E-state index < -0.39 is 0 Å². The van der Waals surface area contributed by atoms with Crippen LogP contribution in [0.2, 0.25) is 5.15 Å². The number of nitrogens with zero attached hydrogens (tertiary/aromatic N) is 3. The van der Waals surface area contributed by atoms with Gasteiger partial charge in [0.25, 0.3) is 0 Å². The molecule has 19 heavy (non-hydrogen) atoms. The molecule has 0 N–H and O–H groups in total. The van der Waals surface area contributed by atoms with Gasteiger partial charge in [0.05, 0.1) is 16.8 Å². The van der Waals surface area contributed by atoms with Crippen LogP contribution < -0.4 is 4.90 Å². The van der Waals surface area contributed by atoms with Gasteiger partial charge in [-0.15, -0.1) is 0 Å². The molecule has 2 rings (SSSR count). The standard InChI is InChI=1S/C13H18ClN3O2/c1-12(2)6-17(7-13(3,4)19-12)11-9(5-18)10(14)15-8-16-11/h5,8H,6-7H2,1-4H3.